The molecule has 0 bridgehead atoms. The molecule has 31 heavy (non-hydrogen) atoms. The highest BCUT2D eigenvalue weighted by Gasteiger charge is 2.10. The van der Waals surface area contributed by atoms with E-state index in [0.717, 1.165) is 24.3 Å². The lowest BCUT2D eigenvalue weighted by Gasteiger charge is -2.16. The molecule has 0 heterocycles. The van der Waals surface area contributed by atoms with Crippen molar-refractivity contribution in [1.29, 1.82) is 0 Å². The van der Waals surface area contributed by atoms with Crippen molar-refractivity contribution in [2.75, 3.05) is 11.5 Å². The molecule has 0 aromatic carbocycles. The fraction of sp³-hybridized carbons (Fsp3) is 1.00. The number of hydrogen-bond donors (Lipinski definition) is 3. The largest absolute Gasteiger partial charge is 0.341 e. The van der Waals surface area contributed by atoms with Crippen LogP contribution in [0.3, 0.4) is 0 Å². The van der Waals surface area contributed by atoms with Gasteiger partial charge in [0, 0.05) is 0 Å². The number of hydrogen-bond acceptors (Lipinski definition) is 0. The predicted octanol–water partition coefficient (Wildman–Crippen LogP) is 9.82. The van der Waals surface area contributed by atoms with E-state index in [-0.39, 0.29) is 10.1 Å². The molecule has 0 aromatic rings. The first-order chi connectivity index (χ1) is 15.0. The molecule has 0 aliphatic heterocycles. The molecule has 2 nitrogen and oxygen atoms in total. The molecule has 0 aliphatic rings. The van der Waals surface area contributed by atoms with E-state index in [4.69, 9.17) is 0 Å². The monoisotopic (exact) mass is 496 g/mol. The highest BCUT2D eigenvalue weighted by Crippen LogP contribution is 2.47. The first kappa shape index (κ1) is 32.0. The Hall–Kier alpha value is 1.05. The standard InChI is InChI=1S/C26H57O2PS2/c1-3-5-7-9-11-13-15-17-19-21-23-25-31(29(27,28)30)26-24-22-20-18-16-14-12-10-8-6-4-2/h27-28,30H,3-26H2,1-2H3. The van der Waals surface area contributed by atoms with Gasteiger partial charge >= 0.3 is 0 Å². The van der Waals surface area contributed by atoms with Gasteiger partial charge in [-0.15, -0.1) is 10.1 Å². The maximum absolute atomic E-state index is 10.1. The maximum Gasteiger partial charge on any atom is 0.198 e. The van der Waals surface area contributed by atoms with Crippen LogP contribution in [-0.2, 0) is 10.1 Å². The summed E-state index contributed by atoms with van der Waals surface area (Å²) in [4.78, 5) is 20.3. The predicted molar refractivity (Wildman–Crippen MR) is 150 cm³/mol. The number of unbranched alkanes of at least 4 members (excludes halogenated alkanes) is 20. The van der Waals surface area contributed by atoms with Crippen LogP contribution in [0.15, 0.2) is 0 Å². The van der Waals surface area contributed by atoms with Gasteiger partial charge < -0.3 is 9.79 Å². The minimum absolute atomic E-state index is 0.283. The zero-order valence-corrected chi connectivity index (χ0v) is 23.8. The molecule has 0 fully saturated rings. The van der Waals surface area contributed by atoms with Crippen molar-refractivity contribution in [3.05, 3.63) is 0 Å². The van der Waals surface area contributed by atoms with E-state index in [1.165, 1.54) is 128 Å². The molecule has 2 N–H and O–H groups in total. The third kappa shape index (κ3) is 24.0. The zero-order chi connectivity index (χ0) is 23.0. The molecule has 0 radical (unpaired) electrons. The molecule has 0 amide bonds. The van der Waals surface area contributed by atoms with E-state index in [0.29, 0.717) is 0 Å². The summed E-state index contributed by atoms with van der Waals surface area (Å²) in [6.07, 6.45) is 29.5. The van der Waals surface area contributed by atoms with Crippen molar-refractivity contribution in [3.63, 3.8) is 0 Å². The van der Waals surface area contributed by atoms with Gasteiger partial charge in [-0.05, 0) is 24.3 Å². The van der Waals surface area contributed by atoms with Crippen molar-refractivity contribution in [2.45, 2.75) is 155 Å². The summed E-state index contributed by atoms with van der Waals surface area (Å²) >= 11 is 4.20. The van der Waals surface area contributed by atoms with Gasteiger partial charge in [-0.25, -0.2) is 0 Å². The van der Waals surface area contributed by atoms with Crippen LogP contribution in [0.1, 0.15) is 155 Å². The summed E-state index contributed by atoms with van der Waals surface area (Å²) < 4.78 is 0. The second-order valence-corrected chi connectivity index (χ2v) is 17.8. The van der Waals surface area contributed by atoms with Crippen LogP contribution in [0.4, 0.5) is 0 Å². The van der Waals surface area contributed by atoms with Crippen LogP contribution in [0, 0.1) is 0 Å². The molecule has 0 saturated carbocycles. The summed E-state index contributed by atoms with van der Waals surface area (Å²) in [7, 11) is -0.283. The quantitative estimate of drug-likeness (QED) is 0.0707. The van der Waals surface area contributed by atoms with Gasteiger partial charge in [-0.2, -0.15) is 0 Å². The van der Waals surface area contributed by atoms with Crippen LogP contribution in [0.2, 0.25) is 0 Å². The molecule has 0 unspecified atom stereocenters. The molecule has 0 saturated heterocycles. The normalized spacial score (nSPS) is 12.2. The fourth-order valence-corrected chi connectivity index (χ4v) is 9.70. The van der Waals surface area contributed by atoms with E-state index in [1.807, 2.05) is 0 Å². The van der Waals surface area contributed by atoms with E-state index < -0.39 is 5.69 Å². The van der Waals surface area contributed by atoms with Gasteiger partial charge in [0.1, 0.15) is 0 Å². The third-order valence-corrected chi connectivity index (χ3v) is 13.8. The van der Waals surface area contributed by atoms with Gasteiger partial charge in [-0.1, -0.05) is 155 Å². The van der Waals surface area contributed by atoms with Crippen molar-refractivity contribution in [2.24, 2.45) is 0 Å². The summed E-state index contributed by atoms with van der Waals surface area (Å²) in [5.74, 6) is 1.94. The van der Waals surface area contributed by atoms with E-state index in [2.05, 4.69) is 26.1 Å². The van der Waals surface area contributed by atoms with Crippen molar-refractivity contribution in [3.8, 4) is 0 Å². The fourth-order valence-electron chi connectivity index (χ4n) is 4.21. The van der Waals surface area contributed by atoms with Crippen LogP contribution in [0.25, 0.3) is 0 Å². The van der Waals surface area contributed by atoms with E-state index >= 15 is 0 Å². The van der Waals surface area contributed by atoms with Crippen LogP contribution < -0.4 is 0 Å². The Balaban J connectivity index is 3.64. The van der Waals surface area contributed by atoms with Gasteiger partial charge in [0.15, 0.2) is 5.69 Å². The molecule has 0 rings (SSSR count). The smallest absolute Gasteiger partial charge is 0.198 e. The first-order valence-corrected chi connectivity index (χ1v) is 18.8. The van der Waals surface area contributed by atoms with Crippen LogP contribution in [-0.4, -0.2) is 21.3 Å². The van der Waals surface area contributed by atoms with E-state index in [1.54, 1.807) is 0 Å². The van der Waals surface area contributed by atoms with Crippen LogP contribution in [0.5, 0.6) is 0 Å². The Morgan fingerprint density at radius 2 is 0.677 bits per heavy atom. The summed E-state index contributed by atoms with van der Waals surface area (Å²) in [6, 6.07) is 0. The first-order valence-electron chi connectivity index (χ1n) is 13.8. The highest BCUT2D eigenvalue weighted by molar-refractivity contribution is 8.65. The Bertz CT molecular complexity index is 387. The van der Waals surface area contributed by atoms with Crippen molar-refractivity contribution >= 4 is 28.0 Å². The lowest BCUT2D eigenvalue weighted by Crippen LogP contribution is -2.04. The van der Waals surface area contributed by atoms with Gasteiger partial charge in [0.25, 0.3) is 0 Å². The van der Waals surface area contributed by atoms with Crippen molar-refractivity contribution < 1.29 is 9.79 Å². The zero-order valence-electron chi connectivity index (χ0n) is 21.2. The molecule has 190 valence electrons. The molecular formula is C26H57O2PS2. The Morgan fingerprint density at radius 3 is 0.903 bits per heavy atom. The lowest BCUT2D eigenvalue weighted by atomic mass is 10.1. The molecule has 0 atom stereocenters. The second-order valence-electron chi connectivity index (χ2n) is 9.45. The Morgan fingerprint density at radius 1 is 0.452 bits per heavy atom. The molecule has 0 spiro atoms. The number of rotatable bonds is 24. The number of thiol groups is 1. The van der Waals surface area contributed by atoms with Crippen LogP contribution >= 0.6 is 17.9 Å². The average Bonchev–Trinajstić information content (AvgIpc) is 2.73. The minimum atomic E-state index is -2.96. The molecular weight excluding hydrogens is 439 g/mol. The lowest BCUT2D eigenvalue weighted by molar-refractivity contribution is 0.502. The highest BCUT2D eigenvalue weighted by atomic mass is 32.9. The Labute approximate surface area is 204 Å². The topological polar surface area (TPSA) is 40.5 Å². The molecule has 5 heteroatoms. The van der Waals surface area contributed by atoms with Gasteiger partial charge in [0.05, 0.1) is 0 Å². The van der Waals surface area contributed by atoms with Crippen molar-refractivity contribution in [1.82, 2.24) is 0 Å². The Kier molecular flexibility index (Phi) is 25.0. The maximum atomic E-state index is 10.1. The minimum Gasteiger partial charge on any atom is -0.341 e. The summed E-state index contributed by atoms with van der Waals surface area (Å²) in [5.41, 5.74) is -2.96. The SMILES string of the molecule is CCCCCCCCCCCCCS(CCCCCCCCCCCCC)=P(O)(O)S. The summed E-state index contributed by atoms with van der Waals surface area (Å²) in [6.45, 7) is 4.55. The second kappa shape index (κ2) is 24.2. The van der Waals surface area contributed by atoms with Gasteiger partial charge in [0.2, 0.25) is 0 Å². The molecule has 0 aliphatic carbocycles. The molecule has 0 aromatic heterocycles. The third-order valence-electron chi connectivity index (χ3n) is 6.31. The average molecular weight is 497 g/mol. The van der Waals surface area contributed by atoms with Gasteiger partial charge in [-0.3, -0.25) is 0 Å². The summed E-state index contributed by atoms with van der Waals surface area (Å²) in [5, 5.41) is 0. The van der Waals surface area contributed by atoms with E-state index in [9.17, 15) is 9.79 Å².